The Hall–Kier alpha value is -0.900. The fourth-order valence-electron chi connectivity index (χ4n) is 1.51. The van der Waals surface area contributed by atoms with Crippen molar-refractivity contribution in [2.75, 3.05) is 0 Å². The Morgan fingerprint density at radius 3 is 2.50 bits per heavy atom. The fourth-order valence-corrected chi connectivity index (χ4v) is 1.51. The second-order valence-electron chi connectivity index (χ2n) is 3.36. The van der Waals surface area contributed by atoms with Gasteiger partial charge in [-0.3, -0.25) is 0 Å². The first kappa shape index (κ1) is 7.73. The van der Waals surface area contributed by atoms with E-state index in [1.54, 1.807) is 29.9 Å². The Labute approximate surface area is 69.0 Å². The zero-order valence-electron chi connectivity index (χ0n) is 6.72. The summed E-state index contributed by atoms with van der Waals surface area (Å²) in [5.41, 5.74) is 4.62. The third-order valence-electron chi connectivity index (χ3n) is 2.43. The molecule has 0 bridgehead atoms. The highest BCUT2D eigenvalue weighted by molar-refractivity contribution is 5.31. The molecule has 2 N–H and O–H groups in total. The normalized spacial score (nSPS) is 32.0. The van der Waals surface area contributed by atoms with E-state index in [0.717, 1.165) is 0 Å². The van der Waals surface area contributed by atoms with Gasteiger partial charge < -0.3 is 10.3 Å². The van der Waals surface area contributed by atoms with Gasteiger partial charge in [0.2, 0.25) is 0 Å². The van der Waals surface area contributed by atoms with Crippen molar-refractivity contribution in [3.8, 4) is 0 Å². The first-order chi connectivity index (χ1) is 5.47. The molecule has 4 heteroatoms. The number of nitrogens with two attached hydrogens (primary N) is 1. The highest BCUT2D eigenvalue weighted by atomic mass is 19.3. The molecule has 2 rings (SSSR count). The molecule has 1 heterocycles. The van der Waals surface area contributed by atoms with Crippen LogP contribution >= 0.6 is 0 Å². The van der Waals surface area contributed by atoms with Crippen molar-refractivity contribution >= 4 is 0 Å². The largest absolute Gasteiger partial charge is 0.353 e. The van der Waals surface area contributed by atoms with Crippen molar-refractivity contribution in [1.29, 1.82) is 0 Å². The number of aryl methyl sites for hydroxylation is 1. The summed E-state index contributed by atoms with van der Waals surface area (Å²) in [7, 11) is 1.72. The molecule has 0 spiro atoms. The first-order valence-corrected chi connectivity index (χ1v) is 3.76. The Kier molecular flexibility index (Phi) is 1.21. The van der Waals surface area contributed by atoms with Crippen LogP contribution in [0.5, 0.6) is 0 Å². The standard InChI is InChI=1S/C8H10F2N2/c1-12-4-2-3-6(12)7(11)5-8(7,9)10/h2-4H,5,11H2,1H3. The zero-order chi connectivity index (χ0) is 8.98. The van der Waals surface area contributed by atoms with Crippen LogP contribution in [0.2, 0.25) is 0 Å². The summed E-state index contributed by atoms with van der Waals surface area (Å²) in [5.74, 6) is -2.72. The molecule has 66 valence electrons. The first-order valence-electron chi connectivity index (χ1n) is 3.76. The van der Waals surface area contributed by atoms with E-state index in [1.807, 2.05) is 0 Å². The van der Waals surface area contributed by atoms with E-state index < -0.39 is 11.5 Å². The maximum atomic E-state index is 12.8. The number of rotatable bonds is 1. The lowest BCUT2D eigenvalue weighted by atomic mass is 10.2. The topological polar surface area (TPSA) is 30.9 Å². The summed E-state index contributed by atoms with van der Waals surface area (Å²) in [6, 6.07) is 3.36. The van der Waals surface area contributed by atoms with E-state index in [1.165, 1.54) is 0 Å². The molecule has 2 nitrogen and oxygen atoms in total. The van der Waals surface area contributed by atoms with E-state index in [2.05, 4.69) is 0 Å². The number of halogens is 2. The second kappa shape index (κ2) is 1.88. The quantitative estimate of drug-likeness (QED) is 0.678. The van der Waals surface area contributed by atoms with Gasteiger partial charge in [0.05, 0.1) is 0 Å². The van der Waals surface area contributed by atoms with Gasteiger partial charge in [-0.05, 0) is 12.1 Å². The molecule has 0 saturated heterocycles. The molecule has 1 fully saturated rings. The van der Waals surface area contributed by atoms with Crippen molar-refractivity contribution in [2.24, 2.45) is 12.8 Å². The number of aromatic nitrogens is 1. The molecular formula is C8H10F2N2. The van der Waals surface area contributed by atoms with Gasteiger partial charge >= 0.3 is 0 Å². The zero-order valence-corrected chi connectivity index (χ0v) is 6.72. The molecule has 1 unspecified atom stereocenters. The highest BCUT2D eigenvalue weighted by Crippen LogP contribution is 2.57. The van der Waals surface area contributed by atoms with Gasteiger partial charge in [-0.2, -0.15) is 0 Å². The Bertz CT molecular complexity index is 319. The van der Waals surface area contributed by atoms with E-state index in [4.69, 9.17) is 5.73 Å². The molecule has 0 amide bonds. The number of alkyl halides is 2. The molecule has 1 saturated carbocycles. The van der Waals surface area contributed by atoms with E-state index in [-0.39, 0.29) is 6.42 Å². The lowest BCUT2D eigenvalue weighted by Crippen LogP contribution is -2.29. The molecule has 1 aliphatic rings. The maximum Gasteiger partial charge on any atom is 0.273 e. The van der Waals surface area contributed by atoms with Crippen LogP contribution in [0.15, 0.2) is 18.3 Å². The lowest BCUT2D eigenvalue weighted by Gasteiger charge is -2.11. The molecule has 0 aromatic carbocycles. The smallest absolute Gasteiger partial charge is 0.273 e. The number of nitrogens with zero attached hydrogens (tertiary/aromatic N) is 1. The van der Waals surface area contributed by atoms with Crippen LogP contribution in [0.3, 0.4) is 0 Å². The molecule has 0 aliphatic heterocycles. The van der Waals surface area contributed by atoms with Gasteiger partial charge in [0, 0.05) is 25.4 Å². The van der Waals surface area contributed by atoms with Crippen LogP contribution in [0.1, 0.15) is 12.1 Å². The summed E-state index contributed by atoms with van der Waals surface area (Å²) in [5, 5.41) is 0. The van der Waals surface area contributed by atoms with E-state index in [0.29, 0.717) is 5.69 Å². The minimum absolute atomic E-state index is 0.238. The number of hydrogen-bond acceptors (Lipinski definition) is 1. The van der Waals surface area contributed by atoms with E-state index in [9.17, 15) is 8.78 Å². The average Bonchev–Trinajstić information content (AvgIpc) is 2.36. The van der Waals surface area contributed by atoms with Gasteiger partial charge in [-0.25, -0.2) is 8.78 Å². The fraction of sp³-hybridized carbons (Fsp3) is 0.500. The third kappa shape index (κ3) is 0.756. The van der Waals surface area contributed by atoms with Crippen LogP contribution in [-0.4, -0.2) is 10.5 Å². The summed E-state index contributed by atoms with van der Waals surface area (Å²) in [6.45, 7) is 0. The summed E-state index contributed by atoms with van der Waals surface area (Å²) >= 11 is 0. The molecule has 1 aliphatic carbocycles. The Morgan fingerprint density at radius 1 is 1.58 bits per heavy atom. The van der Waals surface area contributed by atoms with Crippen molar-refractivity contribution in [3.63, 3.8) is 0 Å². The summed E-state index contributed by atoms with van der Waals surface area (Å²) in [4.78, 5) is 0. The summed E-state index contributed by atoms with van der Waals surface area (Å²) in [6.07, 6.45) is 1.48. The van der Waals surface area contributed by atoms with Gasteiger partial charge in [-0.15, -0.1) is 0 Å². The van der Waals surface area contributed by atoms with Crippen LogP contribution < -0.4 is 5.73 Å². The van der Waals surface area contributed by atoms with Crippen LogP contribution in [-0.2, 0) is 12.6 Å². The summed E-state index contributed by atoms with van der Waals surface area (Å²) < 4.78 is 27.2. The molecule has 1 aromatic heterocycles. The molecule has 0 radical (unpaired) electrons. The molecular weight excluding hydrogens is 162 g/mol. The predicted octanol–water partition coefficient (Wildman–Crippen LogP) is 1.22. The average molecular weight is 172 g/mol. The van der Waals surface area contributed by atoms with Crippen molar-refractivity contribution in [2.45, 2.75) is 17.9 Å². The SMILES string of the molecule is Cn1cccc1C1(N)CC1(F)F. The van der Waals surface area contributed by atoms with Crippen molar-refractivity contribution < 1.29 is 8.78 Å². The molecule has 12 heavy (non-hydrogen) atoms. The molecule has 1 aromatic rings. The third-order valence-corrected chi connectivity index (χ3v) is 2.43. The van der Waals surface area contributed by atoms with Crippen LogP contribution in [0, 0.1) is 0 Å². The van der Waals surface area contributed by atoms with Crippen molar-refractivity contribution in [1.82, 2.24) is 4.57 Å². The maximum absolute atomic E-state index is 12.8. The Balaban J connectivity index is 2.40. The molecule has 1 atom stereocenters. The lowest BCUT2D eigenvalue weighted by molar-refractivity contribution is 0.0874. The van der Waals surface area contributed by atoms with Crippen molar-refractivity contribution in [3.05, 3.63) is 24.0 Å². The minimum atomic E-state index is -2.72. The van der Waals surface area contributed by atoms with Gasteiger partial charge in [0.25, 0.3) is 5.92 Å². The van der Waals surface area contributed by atoms with E-state index >= 15 is 0 Å². The van der Waals surface area contributed by atoms with Gasteiger partial charge in [-0.1, -0.05) is 0 Å². The predicted molar refractivity (Wildman–Crippen MR) is 40.8 cm³/mol. The minimum Gasteiger partial charge on any atom is -0.353 e. The number of hydrogen-bond donors (Lipinski definition) is 1. The highest BCUT2D eigenvalue weighted by Gasteiger charge is 2.70. The van der Waals surface area contributed by atoms with Crippen LogP contribution in [0.4, 0.5) is 8.78 Å². The monoisotopic (exact) mass is 172 g/mol. The van der Waals surface area contributed by atoms with Crippen LogP contribution in [0.25, 0.3) is 0 Å². The van der Waals surface area contributed by atoms with Gasteiger partial charge in [0.1, 0.15) is 5.54 Å². The Morgan fingerprint density at radius 2 is 2.17 bits per heavy atom. The second-order valence-corrected chi connectivity index (χ2v) is 3.36. The van der Waals surface area contributed by atoms with Gasteiger partial charge in [0.15, 0.2) is 0 Å².